The molecule has 150 valence electrons. The van der Waals surface area contributed by atoms with Crippen molar-refractivity contribution in [3.63, 3.8) is 0 Å². The first kappa shape index (κ1) is 20.0. The van der Waals surface area contributed by atoms with Crippen molar-refractivity contribution in [2.45, 2.75) is 63.5 Å². The maximum atomic E-state index is 13.0. The lowest BCUT2D eigenvalue weighted by molar-refractivity contribution is -0.159. The Morgan fingerprint density at radius 1 is 1.26 bits per heavy atom. The summed E-state index contributed by atoms with van der Waals surface area (Å²) in [6.45, 7) is 2.43. The van der Waals surface area contributed by atoms with E-state index in [2.05, 4.69) is 9.97 Å². The van der Waals surface area contributed by atoms with Crippen molar-refractivity contribution in [2.24, 2.45) is 5.92 Å². The molecule has 2 fully saturated rings. The van der Waals surface area contributed by atoms with E-state index in [9.17, 15) is 9.90 Å². The summed E-state index contributed by atoms with van der Waals surface area (Å²) in [5.74, 6) is 0.885. The number of nitrogens with two attached hydrogens (primary N) is 1. The van der Waals surface area contributed by atoms with Crippen LogP contribution < -0.4 is 5.73 Å². The molecule has 1 aliphatic carbocycles. The topological polar surface area (TPSA) is 95.6 Å². The van der Waals surface area contributed by atoms with Gasteiger partial charge >= 0.3 is 0 Å². The number of carbonyl (C=O) groups is 1. The zero-order valence-electron chi connectivity index (χ0n) is 16.4. The molecule has 3 N–H and O–H groups in total. The Hall–Kier alpha value is -1.73. The maximum Gasteiger partial charge on any atom is 0.255 e. The molecule has 2 aliphatic rings. The van der Waals surface area contributed by atoms with Crippen molar-refractivity contribution >= 4 is 11.9 Å². The number of carbonyl (C=O) groups excluding carboxylic acids is 1. The molecule has 7 nitrogen and oxygen atoms in total. The van der Waals surface area contributed by atoms with E-state index >= 15 is 0 Å². The summed E-state index contributed by atoms with van der Waals surface area (Å²) < 4.78 is 0. The number of piperidine rings is 1. The van der Waals surface area contributed by atoms with E-state index in [1.54, 1.807) is 12.4 Å². The van der Waals surface area contributed by atoms with Gasteiger partial charge in [0.15, 0.2) is 5.60 Å². The fourth-order valence-corrected chi connectivity index (χ4v) is 4.50. The summed E-state index contributed by atoms with van der Waals surface area (Å²) in [5, 5.41) is 11.1. The van der Waals surface area contributed by atoms with Crippen LogP contribution in [0.3, 0.4) is 0 Å². The normalized spacial score (nSPS) is 24.6. The fourth-order valence-electron chi connectivity index (χ4n) is 4.50. The summed E-state index contributed by atoms with van der Waals surface area (Å²) in [6, 6.07) is 0. The smallest absolute Gasteiger partial charge is 0.255 e. The third-order valence-electron chi connectivity index (χ3n) is 5.94. The number of aromatic nitrogens is 2. The second kappa shape index (κ2) is 8.97. The van der Waals surface area contributed by atoms with Crippen molar-refractivity contribution in [1.82, 2.24) is 19.8 Å². The van der Waals surface area contributed by atoms with Gasteiger partial charge in [-0.1, -0.05) is 32.1 Å². The van der Waals surface area contributed by atoms with Crippen LogP contribution in [0.25, 0.3) is 0 Å². The molecule has 0 aromatic carbocycles. The first-order chi connectivity index (χ1) is 13.0. The van der Waals surface area contributed by atoms with E-state index in [4.69, 9.17) is 5.73 Å². The average Bonchev–Trinajstić information content (AvgIpc) is 2.66. The molecule has 7 heteroatoms. The third-order valence-corrected chi connectivity index (χ3v) is 5.94. The van der Waals surface area contributed by atoms with Crippen molar-refractivity contribution < 1.29 is 9.90 Å². The SMILES string of the molecule is CN(Cc1cnc(N)nc1)CC1(O)CCCN(CCC2CCCCC2)C1=O. The molecule has 1 aromatic rings. The van der Waals surface area contributed by atoms with Crippen LogP contribution in [0.1, 0.15) is 56.9 Å². The number of nitrogens with zero attached hydrogens (tertiary/aromatic N) is 4. The van der Waals surface area contributed by atoms with Crippen molar-refractivity contribution in [3.05, 3.63) is 18.0 Å². The highest BCUT2D eigenvalue weighted by atomic mass is 16.3. The van der Waals surface area contributed by atoms with Crippen LogP contribution in [0.4, 0.5) is 5.95 Å². The molecular formula is C20H33N5O2. The minimum atomic E-state index is -1.30. The predicted octanol–water partition coefficient (Wildman–Crippen LogP) is 1.81. The summed E-state index contributed by atoms with van der Waals surface area (Å²) >= 11 is 0. The summed E-state index contributed by atoms with van der Waals surface area (Å²) in [6.07, 6.45) is 12.4. The quantitative estimate of drug-likeness (QED) is 0.755. The molecule has 1 unspecified atom stereocenters. The third kappa shape index (κ3) is 5.39. The Balaban J connectivity index is 1.53. The van der Waals surface area contributed by atoms with Gasteiger partial charge in [-0.2, -0.15) is 0 Å². The van der Waals surface area contributed by atoms with Crippen LogP contribution in [-0.2, 0) is 11.3 Å². The van der Waals surface area contributed by atoms with Gasteiger partial charge in [-0.15, -0.1) is 0 Å². The van der Waals surface area contributed by atoms with Crippen molar-refractivity contribution in [3.8, 4) is 0 Å². The lowest BCUT2D eigenvalue weighted by atomic mass is 9.86. The first-order valence-corrected chi connectivity index (χ1v) is 10.2. The molecule has 1 amide bonds. The highest BCUT2D eigenvalue weighted by molar-refractivity contribution is 5.86. The second-order valence-corrected chi connectivity index (χ2v) is 8.34. The number of anilines is 1. The number of aliphatic hydroxyl groups is 1. The molecule has 27 heavy (non-hydrogen) atoms. The molecule has 0 radical (unpaired) electrons. The molecule has 2 heterocycles. The van der Waals surface area contributed by atoms with Gasteiger partial charge in [0.25, 0.3) is 5.91 Å². The largest absolute Gasteiger partial charge is 0.379 e. The van der Waals surface area contributed by atoms with Crippen molar-refractivity contribution in [1.29, 1.82) is 0 Å². The second-order valence-electron chi connectivity index (χ2n) is 8.34. The Morgan fingerprint density at radius 2 is 1.96 bits per heavy atom. The molecule has 1 saturated heterocycles. The number of likely N-dealkylation sites (N-methyl/N-ethyl adjacent to an activating group) is 1. The zero-order valence-corrected chi connectivity index (χ0v) is 16.4. The minimum absolute atomic E-state index is 0.107. The number of hydrogen-bond acceptors (Lipinski definition) is 6. The molecule has 1 atom stereocenters. The summed E-state index contributed by atoms with van der Waals surface area (Å²) in [7, 11) is 1.91. The van der Waals surface area contributed by atoms with Crippen LogP contribution in [-0.4, -0.2) is 63.1 Å². The first-order valence-electron chi connectivity index (χ1n) is 10.2. The van der Waals surface area contributed by atoms with Gasteiger partial charge in [-0.3, -0.25) is 9.69 Å². The lowest BCUT2D eigenvalue weighted by Gasteiger charge is -2.40. The highest BCUT2D eigenvalue weighted by Gasteiger charge is 2.42. The number of amides is 1. The fraction of sp³-hybridized carbons (Fsp3) is 0.750. The van der Waals surface area contributed by atoms with E-state index in [-0.39, 0.29) is 11.9 Å². The predicted molar refractivity (Wildman–Crippen MR) is 105 cm³/mol. The van der Waals surface area contributed by atoms with Gasteiger partial charge in [0.1, 0.15) is 0 Å². The monoisotopic (exact) mass is 375 g/mol. The molecule has 1 aliphatic heterocycles. The number of hydrogen-bond donors (Lipinski definition) is 2. The van der Waals surface area contributed by atoms with Gasteiger partial charge in [0, 0.05) is 44.1 Å². The van der Waals surface area contributed by atoms with E-state index in [1.807, 2.05) is 16.8 Å². The minimum Gasteiger partial charge on any atom is -0.379 e. The molecular weight excluding hydrogens is 342 g/mol. The van der Waals surface area contributed by atoms with Gasteiger partial charge in [0.05, 0.1) is 0 Å². The summed E-state index contributed by atoms with van der Waals surface area (Å²) in [5.41, 5.74) is 5.13. The Labute approximate surface area is 162 Å². The van der Waals surface area contributed by atoms with Crippen molar-refractivity contribution in [2.75, 3.05) is 32.4 Å². The van der Waals surface area contributed by atoms with Gasteiger partial charge in [-0.25, -0.2) is 9.97 Å². The number of rotatable bonds is 7. The average molecular weight is 376 g/mol. The molecule has 1 saturated carbocycles. The van der Waals surface area contributed by atoms with Crippen LogP contribution >= 0.6 is 0 Å². The Morgan fingerprint density at radius 3 is 2.67 bits per heavy atom. The van der Waals surface area contributed by atoms with Crippen LogP contribution in [0.15, 0.2) is 12.4 Å². The van der Waals surface area contributed by atoms with Crippen LogP contribution in [0, 0.1) is 5.92 Å². The van der Waals surface area contributed by atoms with E-state index in [0.717, 1.165) is 37.4 Å². The Kier molecular flexibility index (Phi) is 6.65. The maximum absolute atomic E-state index is 13.0. The van der Waals surface area contributed by atoms with Crippen LogP contribution in [0.2, 0.25) is 0 Å². The van der Waals surface area contributed by atoms with Crippen LogP contribution in [0.5, 0.6) is 0 Å². The lowest BCUT2D eigenvalue weighted by Crippen LogP contribution is -2.58. The molecule has 3 rings (SSSR count). The number of nitrogen functional groups attached to an aromatic ring is 1. The van der Waals surface area contributed by atoms with E-state index in [0.29, 0.717) is 19.5 Å². The van der Waals surface area contributed by atoms with E-state index < -0.39 is 5.60 Å². The Bertz CT molecular complexity index is 617. The highest BCUT2D eigenvalue weighted by Crippen LogP contribution is 2.29. The zero-order chi connectivity index (χ0) is 19.3. The molecule has 0 bridgehead atoms. The van der Waals surface area contributed by atoms with Gasteiger partial charge < -0.3 is 15.7 Å². The number of likely N-dealkylation sites (tertiary alicyclic amines) is 1. The molecule has 0 spiro atoms. The standard InChI is InChI=1S/C20H33N5O2/c1-24(14-17-12-22-19(21)23-13-17)15-20(27)9-5-10-25(18(20)26)11-8-16-6-3-2-4-7-16/h12-13,16,27H,2-11,14-15H2,1H3,(H2,21,22,23). The summed E-state index contributed by atoms with van der Waals surface area (Å²) in [4.78, 5) is 24.8. The van der Waals surface area contributed by atoms with Gasteiger partial charge in [-0.05, 0) is 32.2 Å². The van der Waals surface area contributed by atoms with Gasteiger partial charge in [0.2, 0.25) is 5.95 Å². The van der Waals surface area contributed by atoms with E-state index in [1.165, 1.54) is 32.1 Å². The molecule has 1 aromatic heterocycles.